The first kappa shape index (κ1) is 23.4. The first-order valence-electron chi connectivity index (χ1n) is 12.4. The number of anilines is 4. The van der Waals surface area contributed by atoms with Crippen LogP contribution >= 0.6 is 0 Å². The molecule has 6 rings (SSSR count). The summed E-state index contributed by atoms with van der Waals surface area (Å²) in [6.07, 6.45) is 7.64. The summed E-state index contributed by atoms with van der Waals surface area (Å²) in [4.78, 5) is 25.3. The van der Waals surface area contributed by atoms with E-state index in [1.54, 1.807) is 29.3 Å². The zero-order chi connectivity index (χ0) is 26.1. The van der Waals surface area contributed by atoms with Crippen molar-refractivity contribution in [3.05, 3.63) is 102 Å². The average molecular weight is 503 g/mol. The number of amides is 1. The van der Waals surface area contributed by atoms with E-state index in [-0.39, 0.29) is 0 Å². The zero-order valence-electron chi connectivity index (χ0n) is 20.8. The van der Waals surface area contributed by atoms with Crippen molar-refractivity contribution in [1.29, 1.82) is 0 Å². The van der Waals surface area contributed by atoms with Gasteiger partial charge in [0, 0.05) is 41.1 Å². The molecule has 0 radical (unpaired) electrons. The number of hydrogen-bond donors (Lipinski definition) is 3. The molecular weight excluding hydrogens is 476 g/mol. The molecule has 1 amide bonds. The van der Waals surface area contributed by atoms with Crippen LogP contribution in [0.25, 0.3) is 17.1 Å². The molecule has 188 valence electrons. The highest BCUT2D eigenvalue weighted by atomic mass is 16.1. The molecule has 4 N–H and O–H groups in total. The second kappa shape index (κ2) is 9.78. The minimum Gasteiger partial charge on any atom is -0.366 e. The Morgan fingerprint density at radius 2 is 1.74 bits per heavy atom. The molecule has 9 heteroatoms. The summed E-state index contributed by atoms with van der Waals surface area (Å²) in [6.45, 7) is 1.95. The van der Waals surface area contributed by atoms with Crippen molar-refractivity contribution in [3.8, 4) is 17.1 Å². The quantitative estimate of drug-likeness (QED) is 0.256. The molecule has 1 aliphatic carbocycles. The number of para-hydroxylation sites is 1. The molecule has 9 nitrogen and oxygen atoms in total. The Labute approximate surface area is 219 Å². The highest BCUT2D eigenvalue weighted by molar-refractivity contribution is 5.99. The average Bonchev–Trinajstić information content (AvgIpc) is 3.65. The van der Waals surface area contributed by atoms with Crippen molar-refractivity contribution in [2.24, 2.45) is 5.73 Å². The highest BCUT2D eigenvalue weighted by Crippen LogP contribution is 2.44. The van der Waals surface area contributed by atoms with Gasteiger partial charge in [-0.3, -0.25) is 9.78 Å². The summed E-state index contributed by atoms with van der Waals surface area (Å²) in [5.41, 5.74) is 12.3. The first-order chi connectivity index (χ1) is 18.5. The highest BCUT2D eigenvalue weighted by Gasteiger charge is 2.27. The molecule has 0 spiro atoms. The summed E-state index contributed by atoms with van der Waals surface area (Å²) in [6, 6.07) is 21.0. The molecule has 0 aliphatic heterocycles. The van der Waals surface area contributed by atoms with Gasteiger partial charge < -0.3 is 16.4 Å². The second-order valence-electron chi connectivity index (χ2n) is 9.34. The third-order valence-electron chi connectivity index (χ3n) is 6.48. The lowest BCUT2D eigenvalue weighted by molar-refractivity contribution is 0.100. The first-order valence-corrected chi connectivity index (χ1v) is 12.4. The van der Waals surface area contributed by atoms with Crippen LogP contribution in [-0.2, 0) is 0 Å². The van der Waals surface area contributed by atoms with E-state index >= 15 is 0 Å². The molecule has 3 aromatic heterocycles. The summed E-state index contributed by atoms with van der Waals surface area (Å²) >= 11 is 0. The van der Waals surface area contributed by atoms with Gasteiger partial charge in [0.25, 0.3) is 5.91 Å². The minimum atomic E-state index is -0.469. The number of carbonyl (C=O) groups is 1. The van der Waals surface area contributed by atoms with Gasteiger partial charge in [-0.2, -0.15) is 0 Å². The maximum absolute atomic E-state index is 11.9. The van der Waals surface area contributed by atoms with E-state index in [1.807, 2.05) is 67.7 Å². The maximum Gasteiger partial charge on any atom is 0.250 e. The van der Waals surface area contributed by atoms with E-state index in [1.165, 1.54) is 0 Å². The fourth-order valence-electron chi connectivity index (χ4n) is 4.28. The van der Waals surface area contributed by atoms with Crippen molar-refractivity contribution in [2.45, 2.75) is 25.7 Å². The predicted octanol–water partition coefficient (Wildman–Crippen LogP) is 5.50. The van der Waals surface area contributed by atoms with Gasteiger partial charge in [0.1, 0.15) is 12.1 Å². The van der Waals surface area contributed by atoms with E-state index in [0.29, 0.717) is 28.8 Å². The van der Waals surface area contributed by atoms with Crippen LogP contribution in [0, 0.1) is 6.92 Å². The number of pyridine rings is 2. The molecule has 0 bridgehead atoms. The van der Waals surface area contributed by atoms with Crippen LogP contribution in [-0.4, -0.2) is 30.6 Å². The molecule has 38 heavy (non-hydrogen) atoms. The standard InChI is InChI=1S/C29H26N8O/c1-18-6-7-20(15-31-18)29-33-17-37(36-29)22-12-10-21(11-13-22)34-27-14-26(24(16-32-27)19-8-9-19)35-25-5-3-2-4-23(25)28(30)38/h2-7,10-17,19H,8-9H2,1H3,(H2,30,38)(H2,32,34,35). The van der Waals surface area contributed by atoms with Crippen LogP contribution in [0.1, 0.15) is 40.4 Å². The SMILES string of the molecule is Cc1ccc(-c2ncn(-c3ccc(Nc4cc(Nc5ccccc5C(N)=O)c(C5CC5)cn4)cc3)n2)cn1. The number of carbonyl (C=O) groups excluding carboxylic acids is 1. The fraction of sp³-hybridized carbons (Fsp3) is 0.138. The molecule has 0 atom stereocenters. The van der Waals surface area contributed by atoms with Crippen LogP contribution in [0.4, 0.5) is 22.9 Å². The topological polar surface area (TPSA) is 124 Å². The lowest BCUT2D eigenvalue weighted by Gasteiger charge is -2.16. The molecule has 1 saturated carbocycles. The Balaban J connectivity index is 1.21. The van der Waals surface area contributed by atoms with Crippen molar-refractivity contribution < 1.29 is 4.79 Å². The number of nitrogens with two attached hydrogens (primary N) is 1. The normalized spacial score (nSPS) is 12.8. The van der Waals surface area contributed by atoms with Crippen molar-refractivity contribution in [3.63, 3.8) is 0 Å². The summed E-state index contributed by atoms with van der Waals surface area (Å²) in [7, 11) is 0. The number of nitrogens with one attached hydrogen (secondary N) is 2. The van der Waals surface area contributed by atoms with E-state index in [0.717, 1.165) is 46.7 Å². The van der Waals surface area contributed by atoms with Gasteiger partial charge in [0.2, 0.25) is 0 Å². The van der Waals surface area contributed by atoms with Gasteiger partial charge in [-0.05, 0) is 79.8 Å². The monoisotopic (exact) mass is 502 g/mol. The summed E-state index contributed by atoms with van der Waals surface area (Å²) in [5.74, 6) is 1.32. The van der Waals surface area contributed by atoms with E-state index in [2.05, 4.69) is 30.7 Å². The zero-order valence-corrected chi connectivity index (χ0v) is 20.8. The van der Waals surface area contributed by atoms with Crippen molar-refractivity contribution >= 4 is 28.8 Å². The predicted molar refractivity (Wildman–Crippen MR) is 147 cm³/mol. The number of nitrogens with zero attached hydrogens (tertiary/aromatic N) is 5. The lowest BCUT2D eigenvalue weighted by Crippen LogP contribution is -2.13. The van der Waals surface area contributed by atoms with Crippen LogP contribution in [0.3, 0.4) is 0 Å². The minimum absolute atomic E-state index is 0.450. The van der Waals surface area contributed by atoms with E-state index < -0.39 is 5.91 Å². The number of rotatable bonds is 8. The Morgan fingerprint density at radius 3 is 2.47 bits per heavy atom. The molecule has 1 aliphatic rings. The Morgan fingerprint density at radius 1 is 0.921 bits per heavy atom. The summed E-state index contributed by atoms with van der Waals surface area (Å²) < 4.78 is 1.74. The largest absolute Gasteiger partial charge is 0.366 e. The van der Waals surface area contributed by atoms with Crippen molar-refractivity contribution in [2.75, 3.05) is 10.6 Å². The lowest BCUT2D eigenvalue weighted by atomic mass is 10.1. The smallest absolute Gasteiger partial charge is 0.250 e. The third kappa shape index (κ3) is 4.94. The number of hydrogen-bond acceptors (Lipinski definition) is 7. The van der Waals surface area contributed by atoms with Gasteiger partial charge in [0.05, 0.1) is 16.9 Å². The second-order valence-corrected chi connectivity index (χ2v) is 9.34. The number of primary amides is 1. The molecule has 0 saturated heterocycles. The van der Waals surface area contributed by atoms with Crippen LogP contribution in [0.5, 0.6) is 0 Å². The Hall–Kier alpha value is -5.05. The third-order valence-corrected chi connectivity index (χ3v) is 6.48. The van der Waals surface area contributed by atoms with Gasteiger partial charge in [-0.1, -0.05) is 12.1 Å². The van der Waals surface area contributed by atoms with Gasteiger partial charge in [-0.25, -0.2) is 14.6 Å². The molecule has 2 aromatic carbocycles. The number of aromatic nitrogens is 5. The molecule has 0 unspecified atom stereocenters. The molecular formula is C29H26N8O. The Kier molecular flexibility index (Phi) is 6.01. The Bertz CT molecular complexity index is 1600. The van der Waals surface area contributed by atoms with Gasteiger partial charge >= 0.3 is 0 Å². The van der Waals surface area contributed by atoms with E-state index in [9.17, 15) is 4.79 Å². The molecule has 3 heterocycles. The van der Waals surface area contributed by atoms with Crippen LogP contribution < -0.4 is 16.4 Å². The van der Waals surface area contributed by atoms with Crippen LogP contribution in [0.2, 0.25) is 0 Å². The summed E-state index contributed by atoms with van der Waals surface area (Å²) in [5, 5.41) is 11.4. The number of benzene rings is 2. The fourth-order valence-corrected chi connectivity index (χ4v) is 4.28. The molecule has 5 aromatic rings. The van der Waals surface area contributed by atoms with Gasteiger partial charge in [-0.15, -0.1) is 5.10 Å². The van der Waals surface area contributed by atoms with E-state index in [4.69, 9.17) is 5.73 Å². The molecule has 1 fully saturated rings. The number of aryl methyl sites for hydroxylation is 1. The maximum atomic E-state index is 11.9. The van der Waals surface area contributed by atoms with Gasteiger partial charge in [0.15, 0.2) is 5.82 Å². The van der Waals surface area contributed by atoms with Crippen molar-refractivity contribution in [1.82, 2.24) is 24.7 Å². The van der Waals surface area contributed by atoms with Crippen LogP contribution in [0.15, 0.2) is 85.5 Å².